The van der Waals surface area contributed by atoms with Gasteiger partial charge >= 0.3 is 6.18 Å². The van der Waals surface area contributed by atoms with Crippen LogP contribution in [-0.4, -0.2) is 54.5 Å². The van der Waals surface area contributed by atoms with E-state index in [1.807, 2.05) is 13.8 Å². The van der Waals surface area contributed by atoms with Crippen molar-refractivity contribution in [2.24, 2.45) is 5.92 Å². The summed E-state index contributed by atoms with van der Waals surface area (Å²) in [5, 5.41) is 2.55. The lowest BCUT2D eigenvalue weighted by atomic mass is 9.97. The highest BCUT2D eigenvalue weighted by Crippen LogP contribution is 2.36. The average molecular weight is 497 g/mol. The number of alkyl halides is 4. The lowest BCUT2D eigenvalue weighted by Crippen LogP contribution is -2.52. The van der Waals surface area contributed by atoms with E-state index in [9.17, 15) is 26.7 Å². The summed E-state index contributed by atoms with van der Waals surface area (Å²) in [5.41, 5.74) is 1.27. The van der Waals surface area contributed by atoms with Crippen molar-refractivity contribution in [3.8, 4) is 11.1 Å². The highest BCUT2D eigenvalue weighted by Gasteiger charge is 2.50. The second kappa shape index (κ2) is 10.2. The number of rotatable bonds is 7. The molecule has 0 aliphatic carbocycles. The molecule has 2 saturated heterocycles. The number of ether oxygens (including phenoxy) is 1. The number of likely N-dealkylation sites (tertiary alicyclic amines) is 1. The van der Waals surface area contributed by atoms with Crippen molar-refractivity contribution in [3.05, 3.63) is 59.9 Å². The Labute approximate surface area is 201 Å². The third-order valence-corrected chi connectivity index (χ3v) is 6.64. The zero-order valence-electron chi connectivity index (χ0n) is 19.6. The molecule has 0 spiro atoms. The molecule has 2 aromatic rings. The number of carbonyl (C=O) groups excluding carboxylic acids is 1. The highest BCUT2D eigenvalue weighted by atomic mass is 19.4. The van der Waals surface area contributed by atoms with Crippen LogP contribution in [0.25, 0.3) is 11.1 Å². The van der Waals surface area contributed by atoms with Crippen molar-refractivity contribution in [1.82, 2.24) is 10.2 Å². The molecule has 2 aromatic carbocycles. The second-order valence-corrected chi connectivity index (χ2v) is 9.65. The lowest BCUT2D eigenvalue weighted by molar-refractivity contribution is -0.162. The van der Waals surface area contributed by atoms with E-state index in [1.54, 1.807) is 12.1 Å². The smallest absolute Gasteiger partial charge is 0.373 e. The third-order valence-electron chi connectivity index (χ3n) is 6.64. The van der Waals surface area contributed by atoms with Crippen LogP contribution in [0.1, 0.15) is 38.3 Å². The summed E-state index contributed by atoms with van der Waals surface area (Å²) in [7, 11) is 0. The Kier molecular flexibility index (Phi) is 7.47. The molecule has 4 rings (SSSR count). The topological polar surface area (TPSA) is 41.6 Å². The van der Waals surface area contributed by atoms with Gasteiger partial charge in [-0.25, -0.2) is 8.78 Å². The van der Waals surface area contributed by atoms with Gasteiger partial charge in [-0.3, -0.25) is 10.1 Å². The van der Waals surface area contributed by atoms with Crippen LogP contribution in [-0.2, 0) is 9.53 Å². The average Bonchev–Trinajstić information content (AvgIpc) is 3.40. The first-order chi connectivity index (χ1) is 16.5. The van der Waals surface area contributed by atoms with E-state index in [0.717, 1.165) is 0 Å². The fraction of sp³-hybridized carbons (Fsp3) is 0.500. The van der Waals surface area contributed by atoms with Gasteiger partial charge in [0.15, 0.2) is 0 Å². The quantitative estimate of drug-likeness (QED) is 0.520. The normalized spacial score (nSPS) is 24.0. The van der Waals surface area contributed by atoms with Crippen LogP contribution < -0.4 is 5.32 Å². The first-order valence-corrected chi connectivity index (χ1v) is 11.8. The van der Waals surface area contributed by atoms with Crippen molar-refractivity contribution in [2.45, 2.75) is 63.3 Å². The molecule has 0 aromatic heterocycles. The summed E-state index contributed by atoms with van der Waals surface area (Å²) >= 11 is 0. The number of amides is 1. The van der Waals surface area contributed by atoms with Gasteiger partial charge in [-0.05, 0) is 47.6 Å². The van der Waals surface area contributed by atoms with Gasteiger partial charge in [-0.2, -0.15) is 13.2 Å². The fourth-order valence-corrected chi connectivity index (χ4v) is 4.96. The van der Waals surface area contributed by atoms with E-state index in [1.165, 1.54) is 41.3 Å². The number of nitrogens with one attached hydrogen (secondary N) is 1. The van der Waals surface area contributed by atoms with Crippen LogP contribution in [0.2, 0.25) is 0 Å². The van der Waals surface area contributed by atoms with E-state index >= 15 is 0 Å². The number of halogens is 5. The molecule has 1 amide bonds. The van der Waals surface area contributed by atoms with Crippen LogP contribution in [0.15, 0.2) is 48.5 Å². The number of benzene rings is 2. The SMILES string of the molecule is CC(C)CC(NC(c1ccc(-c2ccc(F)cc2)cc1)C(F)(F)F)C(=O)N1C[C@H](F)[C@H]2OCC[C@H]21. The molecule has 5 atom stereocenters. The number of hydrogen-bond acceptors (Lipinski definition) is 3. The van der Waals surface area contributed by atoms with Gasteiger partial charge in [0.25, 0.3) is 0 Å². The molecule has 35 heavy (non-hydrogen) atoms. The highest BCUT2D eigenvalue weighted by molar-refractivity contribution is 5.83. The Morgan fingerprint density at radius 1 is 1.09 bits per heavy atom. The zero-order valence-corrected chi connectivity index (χ0v) is 19.6. The second-order valence-electron chi connectivity index (χ2n) is 9.65. The minimum absolute atomic E-state index is 0.0446. The molecule has 0 saturated carbocycles. The molecular weight excluding hydrogens is 467 g/mol. The van der Waals surface area contributed by atoms with Crippen LogP contribution in [0.3, 0.4) is 0 Å². The summed E-state index contributed by atoms with van der Waals surface area (Å²) < 4.78 is 75.5. The van der Waals surface area contributed by atoms with Crippen LogP contribution in [0.4, 0.5) is 22.0 Å². The Hall–Kier alpha value is -2.52. The van der Waals surface area contributed by atoms with Crippen molar-refractivity contribution in [3.63, 3.8) is 0 Å². The van der Waals surface area contributed by atoms with E-state index in [0.29, 0.717) is 24.2 Å². The molecule has 0 radical (unpaired) electrons. The molecule has 190 valence electrons. The van der Waals surface area contributed by atoms with Crippen molar-refractivity contribution < 1.29 is 31.5 Å². The molecule has 2 fully saturated rings. The van der Waals surface area contributed by atoms with E-state index in [4.69, 9.17) is 4.74 Å². The maximum atomic E-state index is 14.4. The largest absolute Gasteiger partial charge is 0.407 e. The predicted molar refractivity (Wildman–Crippen MR) is 122 cm³/mol. The lowest BCUT2D eigenvalue weighted by Gasteiger charge is -2.32. The van der Waals surface area contributed by atoms with E-state index in [-0.39, 0.29) is 24.4 Å². The van der Waals surface area contributed by atoms with Gasteiger partial charge in [-0.1, -0.05) is 50.2 Å². The monoisotopic (exact) mass is 496 g/mol. The fourth-order valence-electron chi connectivity index (χ4n) is 4.96. The predicted octanol–water partition coefficient (Wildman–Crippen LogP) is 5.44. The summed E-state index contributed by atoms with van der Waals surface area (Å²) in [6.45, 7) is 3.80. The standard InChI is InChI=1S/C26H29F5N2O2/c1-15(2)13-21(25(34)33-14-20(28)23-22(33)11-12-35-23)32-24(26(29,30)31)18-5-3-16(4-6-18)17-7-9-19(27)10-8-17/h3-10,15,20-24,32H,11-14H2,1-2H3/t20-,21?,22+,23+,24?/m0/s1. The maximum Gasteiger partial charge on any atom is 0.407 e. The molecule has 2 aliphatic heterocycles. The number of hydrogen-bond donors (Lipinski definition) is 1. The minimum atomic E-state index is -4.67. The Balaban J connectivity index is 1.57. The van der Waals surface area contributed by atoms with Crippen LogP contribution in [0, 0.1) is 11.7 Å². The molecular formula is C26H29F5N2O2. The third kappa shape index (κ3) is 5.67. The molecule has 4 nitrogen and oxygen atoms in total. The van der Waals surface area contributed by atoms with Gasteiger partial charge in [-0.15, -0.1) is 0 Å². The van der Waals surface area contributed by atoms with E-state index in [2.05, 4.69) is 5.32 Å². The molecule has 9 heteroatoms. The molecule has 2 unspecified atom stereocenters. The van der Waals surface area contributed by atoms with Gasteiger partial charge in [0.1, 0.15) is 24.1 Å². The molecule has 2 heterocycles. The Morgan fingerprint density at radius 2 is 1.69 bits per heavy atom. The van der Waals surface area contributed by atoms with Crippen molar-refractivity contribution in [2.75, 3.05) is 13.2 Å². The van der Waals surface area contributed by atoms with Crippen molar-refractivity contribution >= 4 is 5.91 Å². The van der Waals surface area contributed by atoms with Gasteiger partial charge in [0, 0.05) is 6.61 Å². The Morgan fingerprint density at radius 3 is 2.26 bits per heavy atom. The Bertz CT molecular complexity index is 1010. The maximum absolute atomic E-state index is 14.4. The number of fused-ring (bicyclic) bond motifs is 1. The first kappa shape index (κ1) is 25.6. The first-order valence-electron chi connectivity index (χ1n) is 11.8. The number of nitrogens with zero attached hydrogens (tertiary/aromatic N) is 1. The summed E-state index contributed by atoms with van der Waals surface area (Å²) in [6.07, 6.45) is -6.08. The number of carbonyl (C=O) groups is 1. The van der Waals surface area contributed by atoms with E-state index < -0.39 is 48.3 Å². The van der Waals surface area contributed by atoms with Gasteiger partial charge in [0.2, 0.25) is 5.91 Å². The summed E-state index contributed by atoms with van der Waals surface area (Å²) in [6, 6.07) is 7.79. The molecule has 1 N–H and O–H groups in total. The summed E-state index contributed by atoms with van der Waals surface area (Å²) in [4.78, 5) is 14.7. The van der Waals surface area contributed by atoms with Crippen molar-refractivity contribution in [1.29, 1.82) is 0 Å². The minimum Gasteiger partial charge on any atom is -0.373 e. The van der Waals surface area contributed by atoms with Crippen LogP contribution in [0.5, 0.6) is 0 Å². The van der Waals surface area contributed by atoms with Crippen LogP contribution >= 0.6 is 0 Å². The molecule has 2 aliphatic rings. The van der Waals surface area contributed by atoms with Gasteiger partial charge < -0.3 is 9.64 Å². The summed E-state index contributed by atoms with van der Waals surface area (Å²) in [5.74, 6) is -0.998. The molecule has 0 bridgehead atoms. The zero-order chi connectivity index (χ0) is 25.3. The van der Waals surface area contributed by atoms with Gasteiger partial charge in [0.05, 0.1) is 18.6 Å².